The van der Waals surface area contributed by atoms with Gasteiger partial charge in [0.2, 0.25) is 5.91 Å². The highest BCUT2D eigenvalue weighted by Gasteiger charge is 2.52. The molecular weight excluding hydrogens is 354 g/mol. The van der Waals surface area contributed by atoms with E-state index in [9.17, 15) is 9.59 Å². The second-order valence-corrected chi connectivity index (χ2v) is 7.40. The predicted octanol–water partition coefficient (Wildman–Crippen LogP) is 2.49. The molecule has 0 saturated carbocycles. The van der Waals surface area contributed by atoms with Gasteiger partial charge >= 0.3 is 0 Å². The van der Waals surface area contributed by atoms with Gasteiger partial charge in [-0.15, -0.1) is 0 Å². The van der Waals surface area contributed by atoms with Gasteiger partial charge in [-0.2, -0.15) is 0 Å². The summed E-state index contributed by atoms with van der Waals surface area (Å²) in [4.78, 5) is 42.1. The number of amides is 2. The second-order valence-electron chi connectivity index (χ2n) is 7.40. The molecule has 2 fully saturated rings. The van der Waals surface area contributed by atoms with Gasteiger partial charge in [-0.05, 0) is 48.7 Å². The third kappa shape index (κ3) is 2.39. The van der Waals surface area contributed by atoms with Crippen LogP contribution in [0.5, 0.6) is 0 Å². The molecule has 0 unspecified atom stereocenters. The van der Waals surface area contributed by atoms with Crippen LogP contribution in [0.15, 0.2) is 49.1 Å². The van der Waals surface area contributed by atoms with Gasteiger partial charge in [0.1, 0.15) is 11.4 Å². The van der Waals surface area contributed by atoms with Crippen LogP contribution in [0, 0.1) is 0 Å². The minimum Gasteiger partial charge on any atom is -0.318 e. The van der Waals surface area contributed by atoms with E-state index in [2.05, 4.69) is 15.0 Å². The summed E-state index contributed by atoms with van der Waals surface area (Å²) in [5.41, 5.74) is 2.39. The van der Waals surface area contributed by atoms with Gasteiger partial charge < -0.3 is 9.80 Å². The highest BCUT2D eigenvalue weighted by Crippen LogP contribution is 2.38. The van der Waals surface area contributed by atoms with E-state index >= 15 is 0 Å². The quantitative estimate of drug-likeness (QED) is 0.690. The monoisotopic (exact) mass is 373 g/mol. The molecule has 0 bridgehead atoms. The van der Waals surface area contributed by atoms with E-state index in [0.717, 1.165) is 22.0 Å². The van der Waals surface area contributed by atoms with Crippen LogP contribution in [0.25, 0.3) is 22.0 Å². The number of aromatic nitrogens is 3. The number of carbonyl (C=O) groups excluding carboxylic acids is 2. The normalized spacial score (nSPS) is 21.4. The molecule has 28 heavy (non-hydrogen) atoms. The van der Waals surface area contributed by atoms with Crippen molar-refractivity contribution in [1.82, 2.24) is 24.8 Å². The molecule has 3 aromatic rings. The molecule has 0 aromatic carbocycles. The fourth-order valence-electron chi connectivity index (χ4n) is 4.38. The Morgan fingerprint density at radius 2 is 1.89 bits per heavy atom. The zero-order chi connectivity index (χ0) is 19.3. The first-order valence-corrected chi connectivity index (χ1v) is 9.35. The number of pyridine rings is 3. The molecule has 5 rings (SSSR count). The van der Waals surface area contributed by atoms with Crippen molar-refractivity contribution in [2.75, 3.05) is 13.1 Å². The SMILES string of the molecule is C[C@@]12CCC(=O)N1CCN2C(=O)c1cc(-c2ccncc2)c2cnccc2n1. The molecule has 2 amide bonds. The summed E-state index contributed by atoms with van der Waals surface area (Å²) < 4.78 is 0. The van der Waals surface area contributed by atoms with Crippen molar-refractivity contribution in [2.24, 2.45) is 0 Å². The van der Waals surface area contributed by atoms with Crippen LogP contribution in [-0.2, 0) is 4.79 Å². The maximum atomic E-state index is 13.4. The lowest BCUT2D eigenvalue weighted by atomic mass is 10.0. The van der Waals surface area contributed by atoms with Gasteiger partial charge in [-0.25, -0.2) is 4.98 Å². The first kappa shape index (κ1) is 16.8. The molecule has 0 spiro atoms. The number of fused-ring (bicyclic) bond motifs is 2. The summed E-state index contributed by atoms with van der Waals surface area (Å²) in [6, 6.07) is 7.45. The van der Waals surface area contributed by atoms with Crippen LogP contribution in [0.1, 0.15) is 30.3 Å². The zero-order valence-electron chi connectivity index (χ0n) is 15.5. The lowest BCUT2D eigenvalue weighted by Gasteiger charge is -2.35. The van der Waals surface area contributed by atoms with E-state index in [0.29, 0.717) is 31.6 Å². The van der Waals surface area contributed by atoms with Gasteiger partial charge in [-0.3, -0.25) is 19.6 Å². The smallest absolute Gasteiger partial charge is 0.274 e. The molecule has 2 aliphatic heterocycles. The van der Waals surface area contributed by atoms with Crippen molar-refractivity contribution in [2.45, 2.75) is 25.4 Å². The number of hydrogen-bond donors (Lipinski definition) is 0. The molecule has 7 nitrogen and oxygen atoms in total. The Labute approximate surface area is 162 Å². The molecule has 7 heteroatoms. The second kappa shape index (κ2) is 6.09. The van der Waals surface area contributed by atoms with E-state index in [-0.39, 0.29) is 11.8 Å². The standard InChI is InChI=1S/C21H19N5O2/c1-21-6-2-19(27)25(21)10-11-26(21)20(28)18-12-15(14-3-7-22-8-4-14)16-13-23-9-5-17(16)24-18/h3-5,7-9,12-13H,2,6,10-11H2,1H3/t21-/m1/s1. The van der Waals surface area contributed by atoms with Crippen molar-refractivity contribution >= 4 is 22.7 Å². The number of carbonyl (C=O) groups is 2. The molecule has 140 valence electrons. The molecule has 5 heterocycles. The minimum absolute atomic E-state index is 0.118. The average molecular weight is 373 g/mol. The Morgan fingerprint density at radius 3 is 2.71 bits per heavy atom. The summed E-state index contributed by atoms with van der Waals surface area (Å²) in [5, 5.41) is 0.885. The number of rotatable bonds is 2. The van der Waals surface area contributed by atoms with Crippen LogP contribution in [0.4, 0.5) is 0 Å². The lowest BCUT2D eigenvalue weighted by Crippen LogP contribution is -2.50. The van der Waals surface area contributed by atoms with Crippen LogP contribution < -0.4 is 0 Å². The number of hydrogen-bond acceptors (Lipinski definition) is 5. The summed E-state index contributed by atoms with van der Waals surface area (Å²) in [6.45, 7) is 3.08. The largest absolute Gasteiger partial charge is 0.318 e. The fraction of sp³-hybridized carbons (Fsp3) is 0.286. The van der Waals surface area contributed by atoms with Gasteiger partial charge in [0.05, 0.1) is 5.52 Å². The highest BCUT2D eigenvalue weighted by molar-refractivity contribution is 6.01. The van der Waals surface area contributed by atoms with Crippen LogP contribution in [-0.4, -0.2) is 55.3 Å². The van der Waals surface area contributed by atoms with Crippen molar-refractivity contribution < 1.29 is 9.59 Å². The fourth-order valence-corrected chi connectivity index (χ4v) is 4.38. The molecule has 0 N–H and O–H groups in total. The predicted molar refractivity (Wildman–Crippen MR) is 103 cm³/mol. The van der Waals surface area contributed by atoms with Gasteiger partial charge in [-0.1, -0.05) is 0 Å². The molecule has 2 saturated heterocycles. The average Bonchev–Trinajstić information content (AvgIpc) is 3.22. The van der Waals surface area contributed by atoms with E-state index in [1.54, 1.807) is 29.7 Å². The topological polar surface area (TPSA) is 79.3 Å². The van der Waals surface area contributed by atoms with Crippen LogP contribution >= 0.6 is 0 Å². The van der Waals surface area contributed by atoms with Gasteiger partial charge in [0.15, 0.2) is 0 Å². The zero-order valence-corrected chi connectivity index (χ0v) is 15.5. The molecule has 3 aromatic heterocycles. The Hall–Kier alpha value is -3.35. The maximum absolute atomic E-state index is 13.4. The van der Waals surface area contributed by atoms with Gasteiger partial charge in [0.25, 0.3) is 5.91 Å². The summed E-state index contributed by atoms with van der Waals surface area (Å²) in [7, 11) is 0. The molecular formula is C21H19N5O2. The minimum atomic E-state index is -0.556. The molecule has 2 aliphatic rings. The van der Waals surface area contributed by atoms with Crippen molar-refractivity contribution in [3.63, 3.8) is 0 Å². The molecule has 0 aliphatic carbocycles. The van der Waals surface area contributed by atoms with Crippen LogP contribution in [0.2, 0.25) is 0 Å². The Balaban J connectivity index is 1.62. The third-order valence-corrected chi connectivity index (χ3v) is 5.89. The van der Waals surface area contributed by atoms with Crippen molar-refractivity contribution in [3.8, 4) is 11.1 Å². The number of nitrogens with zero attached hydrogens (tertiary/aromatic N) is 5. The first-order chi connectivity index (χ1) is 13.6. The summed E-state index contributed by atoms with van der Waals surface area (Å²) >= 11 is 0. The Kier molecular flexibility index (Phi) is 3.65. The van der Waals surface area contributed by atoms with E-state index in [4.69, 9.17) is 0 Å². The van der Waals surface area contributed by atoms with E-state index in [1.807, 2.05) is 36.1 Å². The molecule has 0 radical (unpaired) electrons. The Bertz CT molecular complexity index is 1100. The first-order valence-electron chi connectivity index (χ1n) is 9.35. The van der Waals surface area contributed by atoms with Gasteiger partial charge in [0, 0.05) is 49.7 Å². The Morgan fingerprint density at radius 1 is 1.11 bits per heavy atom. The van der Waals surface area contributed by atoms with E-state index in [1.165, 1.54) is 0 Å². The summed E-state index contributed by atoms with van der Waals surface area (Å²) in [6.07, 6.45) is 8.03. The van der Waals surface area contributed by atoms with Crippen molar-refractivity contribution in [3.05, 3.63) is 54.7 Å². The van der Waals surface area contributed by atoms with Crippen molar-refractivity contribution in [1.29, 1.82) is 0 Å². The van der Waals surface area contributed by atoms with E-state index < -0.39 is 5.66 Å². The lowest BCUT2D eigenvalue weighted by molar-refractivity contribution is -0.130. The summed E-state index contributed by atoms with van der Waals surface area (Å²) in [5.74, 6) is -0.0264. The third-order valence-electron chi connectivity index (χ3n) is 5.89. The highest BCUT2D eigenvalue weighted by atomic mass is 16.2. The van der Waals surface area contributed by atoms with Crippen LogP contribution in [0.3, 0.4) is 0 Å². The molecule has 1 atom stereocenters. The maximum Gasteiger partial charge on any atom is 0.274 e.